The Bertz CT molecular complexity index is 535. The van der Waals surface area contributed by atoms with E-state index < -0.39 is 10.0 Å². The van der Waals surface area contributed by atoms with Gasteiger partial charge in [-0.15, -0.1) is 0 Å². The van der Waals surface area contributed by atoms with Crippen LogP contribution in [0.5, 0.6) is 0 Å². The van der Waals surface area contributed by atoms with Gasteiger partial charge in [0.1, 0.15) is 0 Å². The number of hydrogen-bond donors (Lipinski definition) is 2. The van der Waals surface area contributed by atoms with E-state index in [0.29, 0.717) is 24.5 Å². The molecular weight excluding hydrogens is 288 g/mol. The fraction of sp³-hybridized carbons (Fsp3) is 0.714. The fourth-order valence-electron chi connectivity index (χ4n) is 2.01. The van der Waals surface area contributed by atoms with Gasteiger partial charge in [0, 0.05) is 37.6 Å². The van der Waals surface area contributed by atoms with Gasteiger partial charge in [-0.05, 0) is 40.6 Å². The number of aromatic nitrogens is 1. The van der Waals surface area contributed by atoms with Gasteiger partial charge in [0.15, 0.2) is 0 Å². The first-order valence-electron chi connectivity index (χ1n) is 7.33. The molecule has 6 nitrogen and oxygen atoms in total. The topological polar surface area (TPSA) is 66.4 Å². The molecule has 21 heavy (non-hydrogen) atoms. The van der Waals surface area contributed by atoms with Gasteiger partial charge in [0.05, 0.1) is 4.90 Å². The average Bonchev–Trinajstić information content (AvgIpc) is 2.80. The Labute approximate surface area is 128 Å². The summed E-state index contributed by atoms with van der Waals surface area (Å²) in [6, 6.07) is 1.98. The maximum Gasteiger partial charge on any atom is 0.242 e. The third kappa shape index (κ3) is 5.43. The molecule has 1 rings (SSSR count). The standard InChI is InChI=1S/C14H28N4O2S/c1-6-15-10-13-9-14(11-18(13)12(2)3)21(19,20)16-7-8-17(4)5/h9,11-12,15-16H,6-8,10H2,1-5H3. The van der Waals surface area contributed by atoms with Gasteiger partial charge in [-0.1, -0.05) is 6.92 Å². The number of sulfonamides is 1. The van der Waals surface area contributed by atoms with Crippen molar-refractivity contribution in [2.24, 2.45) is 0 Å². The van der Waals surface area contributed by atoms with Crippen molar-refractivity contribution < 1.29 is 8.42 Å². The van der Waals surface area contributed by atoms with E-state index in [0.717, 1.165) is 12.2 Å². The molecule has 2 N–H and O–H groups in total. The molecule has 0 bridgehead atoms. The summed E-state index contributed by atoms with van der Waals surface area (Å²) in [6.45, 7) is 8.73. The number of likely N-dealkylation sites (N-methyl/N-ethyl adjacent to an activating group) is 1. The Morgan fingerprint density at radius 2 is 2.00 bits per heavy atom. The van der Waals surface area contributed by atoms with Gasteiger partial charge in [0.2, 0.25) is 10.0 Å². The highest BCUT2D eigenvalue weighted by molar-refractivity contribution is 7.89. The van der Waals surface area contributed by atoms with E-state index in [4.69, 9.17) is 0 Å². The second kappa shape index (κ2) is 7.93. The molecule has 0 aliphatic rings. The Balaban J connectivity index is 2.91. The molecule has 0 radical (unpaired) electrons. The van der Waals surface area contributed by atoms with E-state index in [1.54, 1.807) is 12.3 Å². The fourth-order valence-corrected chi connectivity index (χ4v) is 3.08. The maximum atomic E-state index is 12.3. The van der Waals surface area contributed by atoms with Gasteiger partial charge in [-0.3, -0.25) is 0 Å². The van der Waals surface area contributed by atoms with Crippen LogP contribution in [0.25, 0.3) is 0 Å². The van der Waals surface area contributed by atoms with Crippen LogP contribution in [0.1, 0.15) is 32.5 Å². The highest BCUT2D eigenvalue weighted by atomic mass is 32.2. The van der Waals surface area contributed by atoms with Crippen LogP contribution in [0.2, 0.25) is 0 Å². The molecule has 0 aromatic carbocycles. The molecular formula is C14H28N4O2S. The van der Waals surface area contributed by atoms with E-state index in [1.807, 2.05) is 44.3 Å². The lowest BCUT2D eigenvalue weighted by atomic mass is 10.3. The first-order chi connectivity index (χ1) is 9.77. The van der Waals surface area contributed by atoms with Gasteiger partial charge in [0.25, 0.3) is 0 Å². The summed E-state index contributed by atoms with van der Waals surface area (Å²) in [7, 11) is 0.388. The Morgan fingerprint density at radius 3 is 2.52 bits per heavy atom. The van der Waals surface area contributed by atoms with Crippen molar-refractivity contribution in [1.29, 1.82) is 0 Å². The molecule has 0 aliphatic carbocycles. The molecule has 0 saturated carbocycles. The second-order valence-electron chi connectivity index (χ2n) is 5.65. The van der Waals surface area contributed by atoms with Crippen molar-refractivity contribution in [3.63, 3.8) is 0 Å². The summed E-state index contributed by atoms with van der Waals surface area (Å²) >= 11 is 0. The quantitative estimate of drug-likeness (QED) is 0.714. The summed E-state index contributed by atoms with van der Waals surface area (Å²) in [5.74, 6) is 0. The summed E-state index contributed by atoms with van der Waals surface area (Å²) in [4.78, 5) is 2.28. The molecule has 1 aromatic heterocycles. The van der Waals surface area contributed by atoms with Crippen LogP contribution in [0.3, 0.4) is 0 Å². The summed E-state index contributed by atoms with van der Waals surface area (Å²) in [5, 5.41) is 3.24. The minimum absolute atomic E-state index is 0.226. The first kappa shape index (κ1) is 18.2. The number of nitrogens with zero attached hydrogens (tertiary/aromatic N) is 2. The van der Waals surface area contributed by atoms with Gasteiger partial charge >= 0.3 is 0 Å². The highest BCUT2D eigenvalue weighted by Gasteiger charge is 2.18. The molecule has 0 fully saturated rings. The zero-order valence-electron chi connectivity index (χ0n) is 13.7. The van der Waals surface area contributed by atoms with Crippen LogP contribution in [-0.4, -0.2) is 51.6 Å². The summed E-state index contributed by atoms with van der Waals surface area (Å²) in [6.07, 6.45) is 1.72. The minimum atomic E-state index is -3.44. The Kier molecular flexibility index (Phi) is 6.86. The second-order valence-corrected chi connectivity index (χ2v) is 7.42. The lowest BCUT2D eigenvalue weighted by Crippen LogP contribution is -2.31. The summed E-state index contributed by atoms with van der Waals surface area (Å²) < 4.78 is 29.3. The smallest absolute Gasteiger partial charge is 0.242 e. The third-order valence-electron chi connectivity index (χ3n) is 3.18. The molecule has 7 heteroatoms. The zero-order valence-corrected chi connectivity index (χ0v) is 14.5. The van der Waals surface area contributed by atoms with Crippen molar-refractivity contribution >= 4 is 10.0 Å². The highest BCUT2D eigenvalue weighted by Crippen LogP contribution is 2.18. The molecule has 0 amide bonds. The third-order valence-corrected chi connectivity index (χ3v) is 4.61. The molecule has 0 spiro atoms. The minimum Gasteiger partial charge on any atom is -0.346 e. The van der Waals surface area contributed by atoms with Crippen molar-refractivity contribution in [2.45, 2.75) is 38.3 Å². The van der Waals surface area contributed by atoms with Crippen molar-refractivity contribution in [1.82, 2.24) is 19.5 Å². The normalized spacial score (nSPS) is 12.5. The van der Waals surface area contributed by atoms with E-state index in [2.05, 4.69) is 10.0 Å². The van der Waals surface area contributed by atoms with E-state index >= 15 is 0 Å². The predicted octanol–water partition coefficient (Wildman–Crippen LogP) is 1.02. The van der Waals surface area contributed by atoms with Crippen LogP contribution in [-0.2, 0) is 16.6 Å². The predicted molar refractivity (Wildman–Crippen MR) is 85.9 cm³/mol. The van der Waals surface area contributed by atoms with E-state index in [9.17, 15) is 8.42 Å². The number of rotatable bonds is 9. The van der Waals surface area contributed by atoms with Crippen molar-refractivity contribution in [3.05, 3.63) is 18.0 Å². The molecule has 1 heterocycles. The molecule has 0 unspecified atom stereocenters. The van der Waals surface area contributed by atoms with Crippen LogP contribution in [0, 0.1) is 0 Å². The van der Waals surface area contributed by atoms with Gasteiger partial charge < -0.3 is 14.8 Å². The molecule has 122 valence electrons. The van der Waals surface area contributed by atoms with Crippen LogP contribution < -0.4 is 10.0 Å². The van der Waals surface area contributed by atoms with Crippen LogP contribution in [0.4, 0.5) is 0 Å². The molecule has 0 aliphatic heterocycles. The number of hydrogen-bond acceptors (Lipinski definition) is 4. The van der Waals surface area contributed by atoms with Crippen molar-refractivity contribution in [3.8, 4) is 0 Å². The van der Waals surface area contributed by atoms with Crippen LogP contribution >= 0.6 is 0 Å². The zero-order chi connectivity index (χ0) is 16.0. The lowest BCUT2D eigenvalue weighted by molar-refractivity contribution is 0.412. The van der Waals surface area contributed by atoms with Gasteiger partial charge in [-0.25, -0.2) is 13.1 Å². The van der Waals surface area contributed by atoms with Gasteiger partial charge in [-0.2, -0.15) is 0 Å². The Hall–Kier alpha value is -0.890. The van der Waals surface area contributed by atoms with Crippen LogP contribution in [0.15, 0.2) is 17.2 Å². The molecule has 0 atom stereocenters. The monoisotopic (exact) mass is 316 g/mol. The molecule has 0 saturated heterocycles. The first-order valence-corrected chi connectivity index (χ1v) is 8.82. The lowest BCUT2D eigenvalue weighted by Gasteiger charge is -2.12. The maximum absolute atomic E-state index is 12.3. The summed E-state index contributed by atoms with van der Waals surface area (Å²) in [5.41, 5.74) is 0.986. The SMILES string of the molecule is CCNCc1cc(S(=O)(=O)NCCN(C)C)cn1C(C)C. The number of nitrogens with one attached hydrogen (secondary N) is 2. The van der Waals surface area contributed by atoms with E-state index in [-0.39, 0.29) is 6.04 Å². The average molecular weight is 316 g/mol. The van der Waals surface area contributed by atoms with E-state index in [1.165, 1.54) is 0 Å². The molecule has 1 aromatic rings. The largest absolute Gasteiger partial charge is 0.346 e. The van der Waals surface area contributed by atoms with Crippen molar-refractivity contribution in [2.75, 3.05) is 33.7 Å². The Morgan fingerprint density at radius 1 is 1.33 bits per heavy atom.